The van der Waals surface area contributed by atoms with E-state index in [2.05, 4.69) is 10.3 Å². The average Bonchev–Trinajstić information content (AvgIpc) is 2.36. The molecular weight excluding hydrogens is 236 g/mol. The van der Waals surface area contributed by atoms with Crippen molar-refractivity contribution in [3.8, 4) is 5.75 Å². The first-order chi connectivity index (χ1) is 8.38. The minimum Gasteiger partial charge on any atom is -0.490 e. The van der Waals surface area contributed by atoms with Gasteiger partial charge in [-0.15, -0.1) is 11.6 Å². The highest BCUT2D eigenvalue weighted by atomic mass is 35.5. The van der Waals surface area contributed by atoms with Crippen LogP contribution in [0.15, 0.2) is 18.3 Å². The molecule has 1 N–H and O–H groups in total. The molecule has 3 nitrogen and oxygen atoms in total. The molecule has 0 aliphatic carbocycles. The van der Waals surface area contributed by atoms with Gasteiger partial charge in [0, 0.05) is 18.6 Å². The van der Waals surface area contributed by atoms with Crippen LogP contribution in [0.4, 0.5) is 5.82 Å². The number of hydrogen-bond acceptors (Lipinski definition) is 3. The quantitative estimate of drug-likeness (QED) is 0.541. The Morgan fingerprint density at radius 3 is 2.88 bits per heavy atom. The number of unbranched alkanes of at least 4 members (excludes halogenated alkanes) is 3. The molecule has 0 aliphatic heterocycles. The van der Waals surface area contributed by atoms with E-state index in [1.807, 2.05) is 19.1 Å². The second kappa shape index (κ2) is 9.11. The summed E-state index contributed by atoms with van der Waals surface area (Å²) in [5, 5.41) is 3.31. The lowest BCUT2D eigenvalue weighted by Crippen LogP contribution is -2.05. The minimum absolute atomic E-state index is 0.663. The van der Waals surface area contributed by atoms with Gasteiger partial charge in [0.05, 0.1) is 6.61 Å². The molecule has 0 aromatic carbocycles. The molecule has 0 amide bonds. The number of hydrogen-bond donors (Lipinski definition) is 1. The fourth-order valence-corrected chi connectivity index (χ4v) is 1.76. The summed E-state index contributed by atoms with van der Waals surface area (Å²) in [6.07, 6.45) is 6.43. The molecule has 0 saturated heterocycles. The highest BCUT2D eigenvalue weighted by Crippen LogP contribution is 2.20. The maximum absolute atomic E-state index is 5.62. The first-order valence-corrected chi connectivity index (χ1v) is 6.79. The molecule has 0 spiro atoms. The molecule has 0 fully saturated rings. The fraction of sp³-hybridized carbons (Fsp3) is 0.615. The van der Waals surface area contributed by atoms with Gasteiger partial charge in [0.1, 0.15) is 0 Å². The third-order valence-corrected chi connectivity index (χ3v) is 2.69. The van der Waals surface area contributed by atoms with Crippen LogP contribution in [0, 0.1) is 0 Å². The summed E-state index contributed by atoms with van der Waals surface area (Å²) < 4.78 is 5.49. The molecule has 1 heterocycles. The zero-order valence-corrected chi connectivity index (χ0v) is 11.2. The van der Waals surface area contributed by atoms with Gasteiger partial charge in [-0.05, 0) is 31.9 Å². The van der Waals surface area contributed by atoms with Crippen molar-refractivity contribution in [2.75, 3.05) is 24.3 Å². The number of pyridine rings is 1. The predicted octanol–water partition coefficient (Wildman–Crippen LogP) is 3.69. The van der Waals surface area contributed by atoms with Gasteiger partial charge < -0.3 is 10.1 Å². The Kier molecular flexibility index (Phi) is 7.56. The van der Waals surface area contributed by atoms with Gasteiger partial charge in [0.25, 0.3) is 0 Å². The van der Waals surface area contributed by atoms with Crippen molar-refractivity contribution in [2.45, 2.75) is 32.6 Å². The molecule has 0 atom stereocenters. The minimum atomic E-state index is 0.663. The zero-order chi connectivity index (χ0) is 12.3. The van der Waals surface area contributed by atoms with Crippen LogP contribution in [0.2, 0.25) is 0 Å². The van der Waals surface area contributed by atoms with E-state index in [-0.39, 0.29) is 0 Å². The standard InChI is InChI=1S/C13H21ClN2O/c1-2-17-12-8-7-11-16-13(12)15-10-6-4-3-5-9-14/h7-8,11H,2-6,9-10H2,1H3,(H,15,16). The molecule has 0 aliphatic rings. The van der Waals surface area contributed by atoms with Crippen LogP contribution >= 0.6 is 11.6 Å². The largest absolute Gasteiger partial charge is 0.490 e. The monoisotopic (exact) mass is 256 g/mol. The average molecular weight is 257 g/mol. The molecule has 0 saturated carbocycles. The Labute approximate surface area is 109 Å². The fourth-order valence-electron chi connectivity index (χ4n) is 1.58. The first kappa shape index (κ1) is 14.1. The van der Waals surface area contributed by atoms with Crippen LogP contribution < -0.4 is 10.1 Å². The molecule has 0 bridgehead atoms. The van der Waals surface area contributed by atoms with Gasteiger partial charge in [0.2, 0.25) is 0 Å². The smallest absolute Gasteiger partial charge is 0.168 e. The highest BCUT2D eigenvalue weighted by Gasteiger charge is 2.02. The van der Waals surface area contributed by atoms with Crippen molar-refractivity contribution >= 4 is 17.4 Å². The first-order valence-electron chi connectivity index (χ1n) is 6.26. The maximum Gasteiger partial charge on any atom is 0.168 e. The van der Waals surface area contributed by atoms with Gasteiger partial charge in [0.15, 0.2) is 11.6 Å². The van der Waals surface area contributed by atoms with Gasteiger partial charge in [-0.1, -0.05) is 12.8 Å². The summed E-state index contributed by atoms with van der Waals surface area (Å²) in [4.78, 5) is 4.27. The SMILES string of the molecule is CCOc1cccnc1NCCCCCCCl. The summed E-state index contributed by atoms with van der Waals surface area (Å²) >= 11 is 5.62. The van der Waals surface area contributed by atoms with Crippen molar-refractivity contribution in [3.63, 3.8) is 0 Å². The number of aromatic nitrogens is 1. The second-order valence-corrected chi connectivity index (χ2v) is 4.19. The predicted molar refractivity (Wildman–Crippen MR) is 73.1 cm³/mol. The van der Waals surface area contributed by atoms with E-state index in [1.54, 1.807) is 6.20 Å². The normalized spacial score (nSPS) is 10.2. The lowest BCUT2D eigenvalue weighted by Gasteiger charge is -2.10. The van der Waals surface area contributed by atoms with E-state index < -0.39 is 0 Å². The van der Waals surface area contributed by atoms with E-state index in [9.17, 15) is 0 Å². The van der Waals surface area contributed by atoms with Gasteiger partial charge >= 0.3 is 0 Å². The van der Waals surface area contributed by atoms with Crippen LogP contribution in [0.3, 0.4) is 0 Å². The Balaban J connectivity index is 2.25. The van der Waals surface area contributed by atoms with Crippen molar-refractivity contribution in [1.82, 2.24) is 4.98 Å². The number of nitrogens with zero attached hydrogens (tertiary/aromatic N) is 1. The van der Waals surface area contributed by atoms with Gasteiger partial charge in [-0.3, -0.25) is 0 Å². The van der Waals surface area contributed by atoms with Crippen LogP contribution in [0.5, 0.6) is 5.75 Å². The van der Waals surface area contributed by atoms with Crippen LogP contribution in [0.25, 0.3) is 0 Å². The molecule has 1 aromatic rings. The summed E-state index contributed by atoms with van der Waals surface area (Å²) in [5.74, 6) is 2.43. The molecule has 4 heteroatoms. The topological polar surface area (TPSA) is 34.1 Å². The second-order valence-electron chi connectivity index (χ2n) is 3.81. The van der Waals surface area contributed by atoms with Crippen molar-refractivity contribution in [3.05, 3.63) is 18.3 Å². The Morgan fingerprint density at radius 1 is 1.29 bits per heavy atom. The number of anilines is 1. The third-order valence-electron chi connectivity index (χ3n) is 2.42. The number of alkyl halides is 1. The summed E-state index contributed by atoms with van der Waals surface area (Å²) in [6.45, 7) is 3.57. The summed E-state index contributed by atoms with van der Waals surface area (Å²) in [6, 6.07) is 3.82. The van der Waals surface area contributed by atoms with E-state index in [0.29, 0.717) is 6.61 Å². The molecule has 1 aromatic heterocycles. The van der Waals surface area contributed by atoms with E-state index >= 15 is 0 Å². The Morgan fingerprint density at radius 2 is 2.12 bits per heavy atom. The van der Waals surface area contributed by atoms with Crippen molar-refractivity contribution in [2.24, 2.45) is 0 Å². The maximum atomic E-state index is 5.62. The van der Waals surface area contributed by atoms with E-state index in [0.717, 1.165) is 36.8 Å². The lowest BCUT2D eigenvalue weighted by atomic mass is 10.2. The number of nitrogens with one attached hydrogen (secondary N) is 1. The highest BCUT2D eigenvalue weighted by molar-refractivity contribution is 6.17. The number of ether oxygens (including phenoxy) is 1. The molecular formula is C13H21ClN2O. The summed E-state index contributed by atoms with van der Waals surface area (Å²) in [7, 11) is 0. The number of rotatable bonds is 9. The molecule has 0 unspecified atom stereocenters. The van der Waals surface area contributed by atoms with Gasteiger partial charge in [-0.25, -0.2) is 4.98 Å². The molecule has 0 radical (unpaired) electrons. The van der Waals surface area contributed by atoms with Crippen LogP contribution in [-0.4, -0.2) is 24.0 Å². The van der Waals surface area contributed by atoms with E-state index in [4.69, 9.17) is 16.3 Å². The molecule has 17 heavy (non-hydrogen) atoms. The van der Waals surface area contributed by atoms with E-state index in [1.165, 1.54) is 12.8 Å². The Hall–Kier alpha value is -0.960. The lowest BCUT2D eigenvalue weighted by molar-refractivity contribution is 0.340. The third kappa shape index (κ3) is 5.78. The summed E-state index contributed by atoms with van der Waals surface area (Å²) in [5.41, 5.74) is 0. The van der Waals surface area contributed by atoms with Crippen LogP contribution in [0.1, 0.15) is 32.6 Å². The van der Waals surface area contributed by atoms with Gasteiger partial charge in [-0.2, -0.15) is 0 Å². The van der Waals surface area contributed by atoms with Crippen molar-refractivity contribution < 1.29 is 4.74 Å². The van der Waals surface area contributed by atoms with Crippen molar-refractivity contribution in [1.29, 1.82) is 0 Å². The zero-order valence-electron chi connectivity index (χ0n) is 10.4. The van der Waals surface area contributed by atoms with Crippen LogP contribution in [-0.2, 0) is 0 Å². The Bertz CT molecular complexity index is 307. The number of halogens is 1. The molecule has 96 valence electrons. The molecule has 1 rings (SSSR count).